The molecule has 1 rings (SSSR count). The third kappa shape index (κ3) is 2.19. The number of amides is 1. The standard InChI is InChI=1S/C8H15NO2/c9-8(11)7-3-1-2-6(4-7)5-10/h6-7,10H,1-5H2,(H2,9,11)/t6-,7-/m0/s1. The number of nitrogens with two attached hydrogens (primary N) is 1. The highest BCUT2D eigenvalue weighted by Crippen LogP contribution is 2.28. The van der Waals surface area contributed by atoms with E-state index in [1.165, 1.54) is 0 Å². The maximum atomic E-state index is 10.8. The van der Waals surface area contributed by atoms with Crippen LogP contribution in [0.3, 0.4) is 0 Å². The molecule has 0 aromatic heterocycles. The summed E-state index contributed by atoms with van der Waals surface area (Å²) in [4.78, 5) is 10.8. The summed E-state index contributed by atoms with van der Waals surface area (Å²) < 4.78 is 0. The molecule has 0 saturated heterocycles. The topological polar surface area (TPSA) is 63.3 Å². The van der Waals surface area contributed by atoms with Gasteiger partial charge in [-0.05, 0) is 25.2 Å². The van der Waals surface area contributed by atoms with Gasteiger partial charge in [-0.25, -0.2) is 0 Å². The summed E-state index contributed by atoms with van der Waals surface area (Å²) in [5, 5.41) is 8.84. The Kier molecular flexibility index (Phi) is 2.88. The molecule has 1 aliphatic carbocycles. The lowest BCUT2D eigenvalue weighted by molar-refractivity contribution is -0.123. The van der Waals surface area contributed by atoms with Gasteiger partial charge in [0, 0.05) is 12.5 Å². The Morgan fingerprint density at radius 2 is 2.27 bits per heavy atom. The summed E-state index contributed by atoms with van der Waals surface area (Å²) in [5.41, 5.74) is 5.16. The Balaban J connectivity index is 2.39. The minimum atomic E-state index is -0.205. The molecule has 0 bridgehead atoms. The van der Waals surface area contributed by atoms with Crippen LogP contribution in [0.4, 0.5) is 0 Å². The van der Waals surface area contributed by atoms with Crippen molar-refractivity contribution in [2.45, 2.75) is 25.7 Å². The summed E-state index contributed by atoms with van der Waals surface area (Å²) in [7, 11) is 0. The summed E-state index contributed by atoms with van der Waals surface area (Å²) in [5.74, 6) is 0.116. The molecule has 1 fully saturated rings. The monoisotopic (exact) mass is 157 g/mol. The zero-order valence-electron chi connectivity index (χ0n) is 6.62. The number of carbonyl (C=O) groups excluding carboxylic acids is 1. The van der Waals surface area contributed by atoms with Gasteiger partial charge in [0.2, 0.25) is 5.91 Å². The van der Waals surface area contributed by atoms with E-state index >= 15 is 0 Å². The summed E-state index contributed by atoms with van der Waals surface area (Å²) in [6.07, 6.45) is 3.76. The van der Waals surface area contributed by atoms with Crippen LogP contribution in [0.25, 0.3) is 0 Å². The molecule has 3 N–H and O–H groups in total. The van der Waals surface area contributed by atoms with Crippen LogP contribution >= 0.6 is 0 Å². The SMILES string of the molecule is NC(=O)[C@H]1CCC[C@H](CO)C1. The highest BCUT2D eigenvalue weighted by molar-refractivity contribution is 5.76. The lowest BCUT2D eigenvalue weighted by Gasteiger charge is -2.25. The van der Waals surface area contributed by atoms with Crippen LogP contribution in [0.2, 0.25) is 0 Å². The molecule has 0 spiro atoms. The highest BCUT2D eigenvalue weighted by Gasteiger charge is 2.24. The van der Waals surface area contributed by atoms with Crippen LogP contribution in [-0.4, -0.2) is 17.6 Å². The average Bonchev–Trinajstić information content (AvgIpc) is 2.05. The van der Waals surface area contributed by atoms with E-state index in [-0.39, 0.29) is 18.4 Å². The maximum absolute atomic E-state index is 10.8. The molecule has 0 heterocycles. The van der Waals surface area contributed by atoms with Crippen molar-refractivity contribution in [3.63, 3.8) is 0 Å². The number of hydrogen-bond donors (Lipinski definition) is 2. The van der Waals surface area contributed by atoms with Crippen LogP contribution < -0.4 is 5.73 Å². The molecule has 1 aliphatic rings. The molecular formula is C8H15NO2. The van der Waals surface area contributed by atoms with Crippen molar-refractivity contribution >= 4 is 5.91 Å². The Morgan fingerprint density at radius 3 is 2.82 bits per heavy atom. The minimum absolute atomic E-state index is 0.0147. The van der Waals surface area contributed by atoms with E-state index < -0.39 is 0 Å². The molecule has 0 aromatic rings. The van der Waals surface area contributed by atoms with Crippen molar-refractivity contribution in [3.8, 4) is 0 Å². The van der Waals surface area contributed by atoms with Crippen molar-refractivity contribution < 1.29 is 9.90 Å². The molecule has 11 heavy (non-hydrogen) atoms. The molecule has 0 unspecified atom stereocenters. The number of carbonyl (C=O) groups is 1. The second-order valence-corrected chi connectivity index (χ2v) is 3.31. The van der Waals surface area contributed by atoms with Crippen molar-refractivity contribution in [3.05, 3.63) is 0 Å². The van der Waals surface area contributed by atoms with Gasteiger partial charge in [-0.15, -0.1) is 0 Å². The predicted octanol–water partition coefficient (Wildman–Crippen LogP) is 0.270. The summed E-state index contributed by atoms with van der Waals surface area (Å²) in [6, 6.07) is 0. The van der Waals surface area contributed by atoms with E-state index in [0.717, 1.165) is 25.7 Å². The second kappa shape index (κ2) is 3.72. The molecule has 1 amide bonds. The van der Waals surface area contributed by atoms with E-state index in [1.807, 2.05) is 0 Å². The van der Waals surface area contributed by atoms with Crippen molar-refractivity contribution in [1.82, 2.24) is 0 Å². The summed E-state index contributed by atoms with van der Waals surface area (Å²) >= 11 is 0. The third-order valence-electron chi connectivity index (χ3n) is 2.44. The van der Waals surface area contributed by atoms with E-state index in [2.05, 4.69) is 0 Å². The number of hydrogen-bond acceptors (Lipinski definition) is 2. The molecule has 0 aromatic carbocycles. The van der Waals surface area contributed by atoms with Crippen molar-refractivity contribution in [2.24, 2.45) is 17.6 Å². The number of rotatable bonds is 2. The molecule has 1 saturated carbocycles. The van der Waals surface area contributed by atoms with Gasteiger partial charge in [-0.2, -0.15) is 0 Å². The highest BCUT2D eigenvalue weighted by atomic mass is 16.3. The maximum Gasteiger partial charge on any atom is 0.220 e. The van der Waals surface area contributed by atoms with Crippen molar-refractivity contribution in [2.75, 3.05) is 6.61 Å². The molecule has 0 radical (unpaired) electrons. The number of aliphatic hydroxyl groups is 1. The van der Waals surface area contributed by atoms with Gasteiger partial charge < -0.3 is 10.8 Å². The second-order valence-electron chi connectivity index (χ2n) is 3.31. The number of primary amides is 1. The van der Waals surface area contributed by atoms with Crippen molar-refractivity contribution in [1.29, 1.82) is 0 Å². The number of aliphatic hydroxyl groups excluding tert-OH is 1. The van der Waals surface area contributed by atoms with Gasteiger partial charge in [0.25, 0.3) is 0 Å². The van der Waals surface area contributed by atoms with Gasteiger partial charge >= 0.3 is 0 Å². The Bertz CT molecular complexity index is 147. The van der Waals surface area contributed by atoms with Gasteiger partial charge in [0.1, 0.15) is 0 Å². The van der Waals surface area contributed by atoms with E-state index in [1.54, 1.807) is 0 Å². The van der Waals surface area contributed by atoms with Crippen LogP contribution in [-0.2, 0) is 4.79 Å². The lowest BCUT2D eigenvalue weighted by Crippen LogP contribution is -2.29. The predicted molar refractivity (Wildman–Crippen MR) is 41.7 cm³/mol. The van der Waals surface area contributed by atoms with Crippen LogP contribution in [0.15, 0.2) is 0 Å². The lowest BCUT2D eigenvalue weighted by atomic mass is 9.81. The fraction of sp³-hybridized carbons (Fsp3) is 0.875. The zero-order chi connectivity index (χ0) is 8.27. The molecule has 64 valence electrons. The average molecular weight is 157 g/mol. The molecule has 3 heteroatoms. The molecule has 3 nitrogen and oxygen atoms in total. The minimum Gasteiger partial charge on any atom is -0.396 e. The van der Waals surface area contributed by atoms with Gasteiger partial charge in [-0.3, -0.25) is 4.79 Å². The first-order chi connectivity index (χ1) is 5.24. The third-order valence-corrected chi connectivity index (χ3v) is 2.44. The molecular weight excluding hydrogens is 142 g/mol. The van der Waals surface area contributed by atoms with E-state index in [9.17, 15) is 4.79 Å². The first-order valence-electron chi connectivity index (χ1n) is 4.14. The van der Waals surface area contributed by atoms with Gasteiger partial charge in [-0.1, -0.05) is 6.42 Å². The fourth-order valence-corrected chi connectivity index (χ4v) is 1.72. The first kappa shape index (κ1) is 8.53. The molecule has 0 aliphatic heterocycles. The Hall–Kier alpha value is -0.570. The van der Waals surface area contributed by atoms with Gasteiger partial charge in [0.05, 0.1) is 0 Å². The van der Waals surface area contributed by atoms with Crippen LogP contribution in [0, 0.1) is 11.8 Å². The zero-order valence-corrected chi connectivity index (χ0v) is 6.62. The fourth-order valence-electron chi connectivity index (χ4n) is 1.72. The molecule has 2 atom stereocenters. The van der Waals surface area contributed by atoms with Crippen LogP contribution in [0.1, 0.15) is 25.7 Å². The van der Waals surface area contributed by atoms with E-state index in [4.69, 9.17) is 10.8 Å². The van der Waals surface area contributed by atoms with Crippen LogP contribution in [0.5, 0.6) is 0 Å². The first-order valence-corrected chi connectivity index (χ1v) is 4.14. The van der Waals surface area contributed by atoms with E-state index in [0.29, 0.717) is 5.92 Å². The quantitative estimate of drug-likeness (QED) is 0.604. The Morgan fingerprint density at radius 1 is 1.55 bits per heavy atom. The Labute approximate surface area is 66.6 Å². The summed E-state index contributed by atoms with van der Waals surface area (Å²) in [6.45, 7) is 0.198. The normalized spacial score (nSPS) is 31.7. The largest absolute Gasteiger partial charge is 0.396 e. The van der Waals surface area contributed by atoms with Gasteiger partial charge in [0.15, 0.2) is 0 Å². The smallest absolute Gasteiger partial charge is 0.220 e.